The van der Waals surface area contributed by atoms with E-state index >= 15 is 0 Å². The van der Waals surface area contributed by atoms with Crippen LogP contribution in [0.2, 0.25) is 5.02 Å². The predicted molar refractivity (Wildman–Crippen MR) is 74.8 cm³/mol. The molecular formula is C13H11Cl2NS. The average molecular weight is 284 g/mol. The second-order valence-electron chi connectivity index (χ2n) is 3.52. The third-order valence-corrected chi connectivity index (χ3v) is 3.94. The van der Waals surface area contributed by atoms with Crippen LogP contribution in [0.25, 0.3) is 0 Å². The zero-order valence-corrected chi connectivity index (χ0v) is 11.4. The van der Waals surface area contributed by atoms with Gasteiger partial charge in [-0.1, -0.05) is 29.8 Å². The first-order chi connectivity index (χ1) is 8.29. The lowest BCUT2D eigenvalue weighted by Gasteiger charge is -2.05. The standard InChI is InChI=1S/C13H11Cl2NS/c14-8-11-2-1-7-16-13(11)17-9-10-3-5-12(15)6-4-10/h1-7H,8-9H2. The van der Waals surface area contributed by atoms with Gasteiger partial charge in [0.1, 0.15) is 5.03 Å². The Bertz CT molecular complexity index is 485. The summed E-state index contributed by atoms with van der Waals surface area (Å²) in [6.45, 7) is 0. The van der Waals surface area contributed by atoms with Crippen molar-refractivity contribution in [3.63, 3.8) is 0 Å². The van der Waals surface area contributed by atoms with E-state index in [9.17, 15) is 0 Å². The average Bonchev–Trinajstić information content (AvgIpc) is 2.38. The van der Waals surface area contributed by atoms with Gasteiger partial charge in [0, 0.05) is 17.0 Å². The molecule has 1 aromatic heterocycles. The molecule has 4 heteroatoms. The molecule has 0 N–H and O–H groups in total. The number of hydrogen-bond donors (Lipinski definition) is 0. The molecule has 0 saturated carbocycles. The van der Waals surface area contributed by atoms with Gasteiger partial charge in [-0.3, -0.25) is 0 Å². The zero-order valence-electron chi connectivity index (χ0n) is 9.07. The van der Waals surface area contributed by atoms with Gasteiger partial charge in [-0.25, -0.2) is 4.98 Å². The first-order valence-corrected chi connectivity index (χ1v) is 7.06. The minimum atomic E-state index is 0.497. The Hall–Kier alpha value is -0.700. The van der Waals surface area contributed by atoms with Crippen LogP contribution in [0.15, 0.2) is 47.6 Å². The SMILES string of the molecule is ClCc1cccnc1SCc1ccc(Cl)cc1. The van der Waals surface area contributed by atoms with Crippen molar-refractivity contribution >= 4 is 35.0 Å². The molecule has 0 bridgehead atoms. The fourth-order valence-electron chi connectivity index (χ4n) is 1.39. The third-order valence-electron chi connectivity index (χ3n) is 2.28. The van der Waals surface area contributed by atoms with Crippen molar-refractivity contribution < 1.29 is 0 Å². The van der Waals surface area contributed by atoms with Gasteiger partial charge in [0.2, 0.25) is 0 Å². The van der Waals surface area contributed by atoms with E-state index in [0.29, 0.717) is 5.88 Å². The van der Waals surface area contributed by atoms with Gasteiger partial charge in [0.25, 0.3) is 0 Å². The largest absolute Gasteiger partial charge is 0.250 e. The van der Waals surface area contributed by atoms with Crippen LogP contribution in [0.3, 0.4) is 0 Å². The van der Waals surface area contributed by atoms with Gasteiger partial charge < -0.3 is 0 Å². The van der Waals surface area contributed by atoms with Crippen LogP contribution in [-0.2, 0) is 11.6 Å². The van der Waals surface area contributed by atoms with Crippen LogP contribution in [0.1, 0.15) is 11.1 Å². The lowest BCUT2D eigenvalue weighted by Crippen LogP contribution is -1.88. The molecule has 2 aromatic rings. The highest BCUT2D eigenvalue weighted by Crippen LogP contribution is 2.25. The number of nitrogens with zero attached hydrogens (tertiary/aromatic N) is 1. The summed E-state index contributed by atoms with van der Waals surface area (Å²) >= 11 is 13.4. The minimum Gasteiger partial charge on any atom is -0.250 e. The lowest BCUT2D eigenvalue weighted by molar-refractivity contribution is 1.06. The molecule has 0 fully saturated rings. The van der Waals surface area contributed by atoms with E-state index in [1.165, 1.54) is 5.56 Å². The smallest absolute Gasteiger partial charge is 0.101 e. The molecule has 17 heavy (non-hydrogen) atoms. The number of pyridine rings is 1. The van der Waals surface area contributed by atoms with Crippen LogP contribution >= 0.6 is 35.0 Å². The quantitative estimate of drug-likeness (QED) is 0.592. The van der Waals surface area contributed by atoms with Gasteiger partial charge >= 0.3 is 0 Å². The second kappa shape index (κ2) is 6.29. The van der Waals surface area contributed by atoms with Crippen LogP contribution < -0.4 is 0 Å². The molecule has 2 rings (SSSR count). The molecule has 1 aromatic carbocycles. The Kier molecular flexibility index (Phi) is 4.72. The first kappa shape index (κ1) is 12.7. The second-order valence-corrected chi connectivity index (χ2v) is 5.18. The van der Waals surface area contributed by atoms with Crippen molar-refractivity contribution in [1.29, 1.82) is 0 Å². The molecule has 0 aliphatic rings. The molecule has 0 spiro atoms. The van der Waals surface area contributed by atoms with E-state index in [0.717, 1.165) is 21.4 Å². The minimum absolute atomic E-state index is 0.497. The summed E-state index contributed by atoms with van der Waals surface area (Å²) in [5.74, 6) is 1.37. The van der Waals surface area contributed by atoms with Gasteiger partial charge in [-0.15, -0.1) is 23.4 Å². The Morgan fingerprint density at radius 3 is 2.59 bits per heavy atom. The maximum absolute atomic E-state index is 5.86. The third kappa shape index (κ3) is 3.63. The summed E-state index contributed by atoms with van der Waals surface area (Å²) in [6, 6.07) is 11.8. The van der Waals surface area contributed by atoms with Crippen molar-refractivity contribution in [2.45, 2.75) is 16.7 Å². The van der Waals surface area contributed by atoms with Crippen molar-refractivity contribution in [2.24, 2.45) is 0 Å². The van der Waals surface area contributed by atoms with Crippen LogP contribution in [0.4, 0.5) is 0 Å². The van der Waals surface area contributed by atoms with Crippen LogP contribution in [0.5, 0.6) is 0 Å². The van der Waals surface area contributed by atoms with E-state index < -0.39 is 0 Å². The fraction of sp³-hybridized carbons (Fsp3) is 0.154. The molecule has 88 valence electrons. The van der Waals surface area contributed by atoms with Crippen LogP contribution in [0, 0.1) is 0 Å². The summed E-state index contributed by atoms with van der Waals surface area (Å²) in [5, 5.41) is 1.76. The Balaban J connectivity index is 2.04. The number of rotatable bonds is 4. The number of aromatic nitrogens is 1. The maximum Gasteiger partial charge on any atom is 0.101 e. The summed E-state index contributed by atoms with van der Waals surface area (Å²) in [5.41, 5.74) is 2.30. The number of hydrogen-bond acceptors (Lipinski definition) is 2. The Labute approximate surface area is 115 Å². The summed E-state index contributed by atoms with van der Waals surface area (Å²) in [4.78, 5) is 4.33. The van der Waals surface area contributed by atoms with Crippen molar-refractivity contribution in [3.05, 3.63) is 58.7 Å². The van der Waals surface area contributed by atoms with Crippen LogP contribution in [-0.4, -0.2) is 4.98 Å². The molecule has 0 radical (unpaired) electrons. The van der Waals surface area contributed by atoms with E-state index in [4.69, 9.17) is 23.2 Å². The molecule has 0 amide bonds. The molecular weight excluding hydrogens is 273 g/mol. The lowest BCUT2D eigenvalue weighted by atomic mass is 10.2. The predicted octanol–water partition coefficient (Wildman–Crippen LogP) is 4.77. The van der Waals surface area contributed by atoms with Gasteiger partial charge in [-0.2, -0.15) is 0 Å². The van der Waals surface area contributed by atoms with Gasteiger partial charge in [0.05, 0.1) is 5.88 Å². The highest BCUT2D eigenvalue weighted by molar-refractivity contribution is 7.98. The van der Waals surface area contributed by atoms with E-state index in [1.54, 1.807) is 18.0 Å². The number of benzene rings is 1. The van der Waals surface area contributed by atoms with Gasteiger partial charge in [-0.05, 0) is 29.3 Å². The van der Waals surface area contributed by atoms with E-state index in [-0.39, 0.29) is 0 Å². The van der Waals surface area contributed by atoms with Gasteiger partial charge in [0.15, 0.2) is 0 Å². The summed E-state index contributed by atoms with van der Waals surface area (Å²) in [6.07, 6.45) is 1.79. The molecule has 0 saturated heterocycles. The van der Waals surface area contributed by atoms with Crippen molar-refractivity contribution in [3.8, 4) is 0 Å². The zero-order chi connectivity index (χ0) is 12.1. The number of halogens is 2. The molecule has 1 nitrogen and oxygen atoms in total. The summed E-state index contributed by atoms with van der Waals surface area (Å²) in [7, 11) is 0. The number of thioether (sulfide) groups is 1. The van der Waals surface area contributed by atoms with E-state index in [1.807, 2.05) is 36.4 Å². The molecule has 0 unspecified atom stereocenters. The topological polar surface area (TPSA) is 12.9 Å². The number of alkyl halides is 1. The highest BCUT2D eigenvalue weighted by Gasteiger charge is 2.03. The molecule has 1 heterocycles. The highest BCUT2D eigenvalue weighted by atomic mass is 35.5. The van der Waals surface area contributed by atoms with Crippen molar-refractivity contribution in [1.82, 2.24) is 4.98 Å². The van der Waals surface area contributed by atoms with Crippen molar-refractivity contribution in [2.75, 3.05) is 0 Å². The summed E-state index contributed by atoms with van der Waals surface area (Å²) < 4.78 is 0. The molecule has 0 aliphatic heterocycles. The monoisotopic (exact) mass is 283 g/mol. The first-order valence-electron chi connectivity index (χ1n) is 5.16. The maximum atomic E-state index is 5.86. The normalized spacial score (nSPS) is 10.5. The molecule has 0 aliphatic carbocycles. The Morgan fingerprint density at radius 1 is 1.12 bits per heavy atom. The fourth-order valence-corrected chi connectivity index (χ4v) is 2.77. The van der Waals surface area contributed by atoms with E-state index in [2.05, 4.69) is 4.98 Å². The molecule has 0 atom stereocenters. The Morgan fingerprint density at radius 2 is 1.88 bits per heavy atom.